The molecule has 0 amide bonds. The van der Waals surface area contributed by atoms with Crippen LogP contribution in [0.5, 0.6) is 5.75 Å². The van der Waals surface area contributed by atoms with Gasteiger partial charge in [-0.3, -0.25) is 0 Å². The predicted octanol–water partition coefficient (Wildman–Crippen LogP) is 2.95. The molecule has 138 valence electrons. The van der Waals surface area contributed by atoms with E-state index in [4.69, 9.17) is 9.32 Å². The van der Waals surface area contributed by atoms with Gasteiger partial charge in [-0.1, -0.05) is 13.0 Å². The molecular weight excluding hydrogens is 345 g/mol. The van der Waals surface area contributed by atoms with E-state index in [0.29, 0.717) is 17.9 Å². The second kappa shape index (κ2) is 5.66. The summed E-state index contributed by atoms with van der Waals surface area (Å²) in [5, 5.41) is 15.3. The van der Waals surface area contributed by atoms with Crippen LogP contribution in [0.3, 0.4) is 0 Å². The third-order valence-electron chi connectivity index (χ3n) is 6.87. The van der Waals surface area contributed by atoms with Crippen molar-refractivity contribution in [1.82, 2.24) is 0 Å². The van der Waals surface area contributed by atoms with Crippen LogP contribution in [0, 0.1) is 17.3 Å². The van der Waals surface area contributed by atoms with Crippen molar-refractivity contribution in [3.63, 3.8) is 0 Å². The maximum absolute atomic E-state index is 14.9. The first-order valence-corrected chi connectivity index (χ1v) is 10.3. The van der Waals surface area contributed by atoms with Crippen molar-refractivity contribution in [3.8, 4) is 5.75 Å². The normalized spacial score (nSPS) is 40.1. The van der Waals surface area contributed by atoms with Crippen LogP contribution in [0.1, 0.15) is 62.2 Å². The molecular formula is C18H24FNO4S. The third-order valence-corrected chi connectivity index (χ3v) is 7.30. The largest absolute Gasteiger partial charge is 0.393 e. The van der Waals surface area contributed by atoms with Gasteiger partial charge in [0.1, 0.15) is 11.9 Å². The zero-order valence-corrected chi connectivity index (χ0v) is 15.0. The highest BCUT2D eigenvalue weighted by Crippen LogP contribution is 2.62. The average molecular weight is 369 g/mol. The summed E-state index contributed by atoms with van der Waals surface area (Å²) in [7, 11) is -4.12. The van der Waals surface area contributed by atoms with Gasteiger partial charge in [0.15, 0.2) is 0 Å². The molecule has 2 fully saturated rings. The fourth-order valence-electron chi connectivity index (χ4n) is 5.69. The molecule has 0 aromatic heterocycles. The molecule has 0 aliphatic heterocycles. The quantitative estimate of drug-likeness (QED) is 0.839. The summed E-state index contributed by atoms with van der Waals surface area (Å²) in [4.78, 5) is 0. The van der Waals surface area contributed by atoms with E-state index in [1.807, 2.05) is 0 Å². The van der Waals surface area contributed by atoms with E-state index < -0.39 is 16.5 Å². The molecule has 4 rings (SSSR count). The van der Waals surface area contributed by atoms with Gasteiger partial charge in [0.2, 0.25) is 0 Å². The van der Waals surface area contributed by atoms with Crippen molar-refractivity contribution >= 4 is 10.3 Å². The maximum atomic E-state index is 14.9. The summed E-state index contributed by atoms with van der Waals surface area (Å²) in [6, 6.07) is 4.81. The van der Waals surface area contributed by atoms with E-state index in [-0.39, 0.29) is 29.1 Å². The summed E-state index contributed by atoms with van der Waals surface area (Å²) in [6.45, 7) is 2.15. The Balaban J connectivity index is 1.69. The van der Waals surface area contributed by atoms with Crippen LogP contribution < -0.4 is 9.32 Å². The van der Waals surface area contributed by atoms with Crippen molar-refractivity contribution < 1.29 is 22.1 Å². The van der Waals surface area contributed by atoms with Gasteiger partial charge in [-0.2, -0.15) is 13.6 Å². The topological polar surface area (TPSA) is 89.6 Å². The lowest BCUT2D eigenvalue weighted by atomic mass is 9.55. The molecule has 1 aromatic carbocycles. The first kappa shape index (κ1) is 17.2. The Morgan fingerprint density at radius 1 is 1.28 bits per heavy atom. The van der Waals surface area contributed by atoms with Crippen LogP contribution in [-0.2, 0) is 10.3 Å². The molecule has 0 heterocycles. The van der Waals surface area contributed by atoms with Crippen LogP contribution in [0.2, 0.25) is 0 Å². The molecule has 0 saturated heterocycles. The van der Waals surface area contributed by atoms with Gasteiger partial charge in [-0.25, -0.2) is 4.39 Å². The summed E-state index contributed by atoms with van der Waals surface area (Å²) in [5.74, 6) is 0.879. The fraction of sp³-hybridized carbons (Fsp3) is 0.667. The predicted molar refractivity (Wildman–Crippen MR) is 90.9 cm³/mol. The molecule has 6 atom stereocenters. The van der Waals surface area contributed by atoms with Crippen molar-refractivity contribution in [2.24, 2.45) is 22.4 Å². The Bertz CT molecular complexity index is 798. The molecule has 25 heavy (non-hydrogen) atoms. The van der Waals surface area contributed by atoms with E-state index in [1.54, 1.807) is 12.1 Å². The van der Waals surface area contributed by atoms with Crippen molar-refractivity contribution in [3.05, 3.63) is 29.3 Å². The average Bonchev–Trinajstić information content (AvgIpc) is 2.82. The van der Waals surface area contributed by atoms with E-state index >= 15 is 0 Å². The van der Waals surface area contributed by atoms with Crippen LogP contribution in [0.4, 0.5) is 4.39 Å². The molecule has 0 spiro atoms. The minimum atomic E-state index is -4.12. The first-order valence-electron chi connectivity index (χ1n) is 8.87. The van der Waals surface area contributed by atoms with E-state index in [9.17, 15) is 17.9 Å². The number of benzene rings is 1. The highest BCUT2D eigenvalue weighted by atomic mass is 32.2. The number of aliphatic hydroxyl groups excluding tert-OH is 1. The molecule has 3 N–H and O–H groups in total. The molecule has 0 bridgehead atoms. The molecule has 1 aromatic rings. The molecule has 3 aliphatic rings. The second-order valence-corrected chi connectivity index (χ2v) is 9.24. The number of fused-ring (bicyclic) bond motifs is 5. The van der Waals surface area contributed by atoms with E-state index in [1.165, 1.54) is 6.07 Å². The lowest BCUT2D eigenvalue weighted by molar-refractivity contribution is -0.0301. The minimum Gasteiger partial charge on any atom is -0.393 e. The molecule has 3 aliphatic carbocycles. The number of halogens is 1. The highest BCUT2D eigenvalue weighted by molar-refractivity contribution is 7.84. The maximum Gasteiger partial charge on any atom is 0.380 e. The molecule has 2 saturated carbocycles. The zero-order chi connectivity index (χ0) is 18.0. The Hall–Kier alpha value is -1.18. The molecule has 0 unspecified atom stereocenters. The van der Waals surface area contributed by atoms with Gasteiger partial charge < -0.3 is 9.29 Å². The highest BCUT2D eigenvalue weighted by Gasteiger charge is 2.55. The molecule has 0 radical (unpaired) electrons. The number of aliphatic hydroxyl groups is 1. The Labute approximate surface area is 147 Å². The fourth-order valence-corrected chi connectivity index (χ4v) is 6.06. The number of rotatable bonds is 2. The van der Waals surface area contributed by atoms with Crippen LogP contribution >= 0.6 is 0 Å². The van der Waals surface area contributed by atoms with Crippen LogP contribution in [-0.4, -0.2) is 19.6 Å². The van der Waals surface area contributed by atoms with Gasteiger partial charge in [0, 0.05) is 0 Å². The van der Waals surface area contributed by atoms with Crippen LogP contribution in [0.15, 0.2) is 18.2 Å². The standard InChI is InChI=1S/C18H24FNO4S/c1-18-7-6-12-11-3-2-10(24-25(20,22)23)8-14(11)16(19)9-13(12)15(18)4-5-17(18)21/h2-3,8,12-13,15-17,21H,4-7,9H2,1H3,(H2,20,22,23)/t12-,13-,15+,16+,17+,18+/m1/s1. The van der Waals surface area contributed by atoms with Crippen molar-refractivity contribution in [1.29, 1.82) is 0 Å². The summed E-state index contributed by atoms with van der Waals surface area (Å²) >= 11 is 0. The van der Waals surface area contributed by atoms with Gasteiger partial charge in [0.05, 0.1) is 6.10 Å². The number of hydrogen-bond donors (Lipinski definition) is 2. The SMILES string of the molecule is C[C@]12CC[C@@H]3c4ccc(OS(N)(=O)=O)cc4[C@@H](F)C[C@H]3[C@@H]1CC[C@@H]2O. The van der Waals surface area contributed by atoms with E-state index in [2.05, 4.69) is 6.92 Å². The molecule has 5 nitrogen and oxygen atoms in total. The van der Waals surface area contributed by atoms with Gasteiger partial charge in [-0.05, 0) is 78.5 Å². The molecule has 7 heteroatoms. The Kier molecular flexibility index (Phi) is 3.90. The zero-order valence-electron chi connectivity index (χ0n) is 14.2. The van der Waals surface area contributed by atoms with Gasteiger partial charge >= 0.3 is 10.3 Å². The van der Waals surface area contributed by atoms with Crippen molar-refractivity contribution in [2.45, 2.75) is 57.2 Å². The third kappa shape index (κ3) is 2.76. The lowest BCUT2D eigenvalue weighted by Crippen LogP contribution is -2.44. The second-order valence-electron chi connectivity index (χ2n) is 8.08. The minimum absolute atomic E-state index is 0.0549. The number of hydrogen-bond acceptors (Lipinski definition) is 4. The Morgan fingerprint density at radius 3 is 2.76 bits per heavy atom. The Morgan fingerprint density at radius 2 is 2.04 bits per heavy atom. The van der Waals surface area contributed by atoms with Gasteiger partial charge in [-0.15, -0.1) is 0 Å². The summed E-state index contributed by atoms with van der Waals surface area (Å²) < 4.78 is 41.9. The number of nitrogens with two attached hydrogens (primary N) is 1. The monoisotopic (exact) mass is 369 g/mol. The first-order chi connectivity index (χ1) is 11.7. The van der Waals surface area contributed by atoms with Crippen LogP contribution in [0.25, 0.3) is 0 Å². The lowest BCUT2D eigenvalue weighted by Gasteiger charge is -2.50. The van der Waals surface area contributed by atoms with Gasteiger partial charge in [0.25, 0.3) is 0 Å². The number of alkyl halides is 1. The summed E-state index contributed by atoms with van der Waals surface area (Å²) in [6.07, 6.45) is 2.59. The van der Waals surface area contributed by atoms with Crippen molar-refractivity contribution in [2.75, 3.05) is 0 Å². The summed E-state index contributed by atoms with van der Waals surface area (Å²) in [5.41, 5.74) is 1.37. The smallest absolute Gasteiger partial charge is 0.380 e. The van der Waals surface area contributed by atoms with E-state index in [0.717, 1.165) is 31.2 Å².